The maximum absolute atomic E-state index is 15.7. The molecule has 3 N–H and O–H groups in total. The monoisotopic (exact) mass is 546 g/mol. The molecule has 6 rings (SSSR count). The molecule has 1 fully saturated rings. The molecule has 2 aromatic carbocycles. The Morgan fingerprint density at radius 1 is 1.10 bits per heavy atom. The van der Waals surface area contributed by atoms with E-state index in [1.54, 1.807) is 15.1 Å². The molecule has 4 aromatic rings. The summed E-state index contributed by atoms with van der Waals surface area (Å²) < 4.78 is 19.1. The Morgan fingerprint density at radius 3 is 2.58 bits per heavy atom. The van der Waals surface area contributed by atoms with Crippen molar-refractivity contribution in [3.63, 3.8) is 0 Å². The third-order valence-corrected chi connectivity index (χ3v) is 7.76. The molecule has 0 saturated heterocycles. The molecule has 10 nitrogen and oxygen atoms in total. The number of aliphatic hydroxyl groups excluding tert-OH is 2. The van der Waals surface area contributed by atoms with Gasteiger partial charge >= 0.3 is 0 Å². The van der Waals surface area contributed by atoms with Crippen molar-refractivity contribution in [1.82, 2.24) is 24.6 Å². The van der Waals surface area contributed by atoms with Crippen molar-refractivity contribution in [3.05, 3.63) is 87.3 Å². The summed E-state index contributed by atoms with van der Waals surface area (Å²) in [5.41, 5.74) is 6.08. The van der Waals surface area contributed by atoms with Gasteiger partial charge in [0.2, 0.25) is 5.78 Å². The minimum absolute atomic E-state index is 0.102. The first-order valence-corrected chi connectivity index (χ1v) is 13.6. The Hall–Kier alpha value is -3.93. The zero-order chi connectivity index (χ0) is 27.8. The number of halogens is 1. The number of hydrogen-bond donors (Lipinski definition) is 3. The summed E-state index contributed by atoms with van der Waals surface area (Å²) in [6.07, 6.45) is 3.87. The van der Waals surface area contributed by atoms with E-state index in [9.17, 15) is 15.0 Å². The first-order valence-electron chi connectivity index (χ1n) is 13.6. The minimum Gasteiger partial charge on any atom is -0.393 e. The van der Waals surface area contributed by atoms with Crippen LogP contribution in [0.1, 0.15) is 67.5 Å². The van der Waals surface area contributed by atoms with Crippen LogP contribution in [-0.4, -0.2) is 47.7 Å². The molecule has 0 amide bonds. The lowest BCUT2D eigenvalue weighted by molar-refractivity contribution is -0.102. The van der Waals surface area contributed by atoms with Crippen LogP contribution >= 0.6 is 0 Å². The highest BCUT2D eigenvalue weighted by Crippen LogP contribution is 2.31. The van der Waals surface area contributed by atoms with Crippen LogP contribution in [0.3, 0.4) is 0 Å². The molecule has 1 saturated carbocycles. The topological polar surface area (TPSA) is 126 Å². The molecule has 208 valence electrons. The number of amidine groups is 1. The number of fused-ring (bicyclic) bond motifs is 1. The van der Waals surface area contributed by atoms with E-state index in [4.69, 9.17) is 4.84 Å². The average molecular weight is 547 g/mol. The summed E-state index contributed by atoms with van der Waals surface area (Å²) in [7, 11) is 0. The van der Waals surface area contributed by atoms with Gasteiger partial charge in [-0.2, -0.15) is 10.1 Å². The molecular weight excluding hydrogens is 515 g/mol. The lowest BCUT2D eigenvalue weighted by Crippen LogP contribution is -2.34. The second-order valence-corrected chi connectivity index (χ2v) is 10.3. The quantitative estimate of drug-likeness (QED) is 0.325. The Bertz CT molecular complexity index is 1640. The van der Waals surface area contributed by atoms with Gasteiger partial charge in [0, 0.05) is 23.6 Å². The molecule has 1 aliphatic carbocycles. The third-order valence-electron chi connectivity index (χ3n) is 7.76. The smallest absolute Gasteiger partial charge is 0.280 e. The summed E-state index contributed by atoms with van der Waals surface area (Å²) in [5.74, 6) is 0.412. The second kappa shape index (κ2) is 10.9. The number of nitrogens with zero attached hydrogens (tertiary/aromatic N) is 5. The van der Waals surface area contributed by atoms with Crippen molar-refractivity contribution in [2.75, 3.05) is 0 Å². The normalized spacial score (nSPS) is 21.0. The van der Waals surface area contributed by atoms with Gasteiger partial charge in [-0.15, -0.1) is 0 Å². The van der Waals surface area contributed by atoms with Crippen LogP contribution in [0.15, 0.2) is 58.6 Å². The zero-order valence-corrected chi connectivity index (χ0v) is 22.1. The summed E-state index contributed by atoms with van der Waals surface area (Å²) in [5, 5.41) is 24.1. The maximum atomic E-state index is 15.7. The average Bonchev–Trinajstić information content (AvgIpc) is 3.62. The molecule has 1 atom stereocenters. The third kappa shape index (κ3) is 4.80. The fraction of sp³-hybridized carbons (Fsp3) is 0.379. The summed E-state index contributed by atoms with van der Waals surface area (Å²) in [4.78, 5) is 27.4. The molecule has 2 aliphatic rings. The molecule has 3 heterocycles. The van der Waals surface area contributed by atoms with Crippen molar-refractivity contribution in [2.45, 2.75) is 70.4 Å². The van der Waals surface area contributed by atoms with Gasteiger partial charge in [-0.25, -0.2) is 24.2 Å². The van der Waals surface area contributed by atoms with E-state index in [1.807, 2.05) is 37.3 Å². The van der Waals surface area contributed by atoms with E-state index < -0.39 is 12.2 Å². The maximum Gasteiger partial charge on any atom is 0.280 e. The second-order valence-electron chi connectivity index (χ2n) is 10.3. The van der Waals surface area contributed by atoms with Crippen LogP contribution < -0.4 is 11.0 Å². The van der Waals surface area contributed by atoms with Gasteiger partial charge < -0.3 is 10.2 Å². The Morgan fingerprint density at radius 2 is 1.88 bits per heavy atom. The van der Waals surface area contributed by atoms with Gasteiger partial charge in [0.25, 0.3) is 12.0 Å². The SMILES string of the molecule is CCCc1c(Cc2ccc(-c3ccccc3C3=NC(O)ON3)cc2F)c(=O)n(C2CCC(O)CC2)c2ncnn12. The summed E-state index contributed by atoms with van der Waals surface area (Å²) in [6, 6.07) is 12.2. The highest BCUT2D eigenvalue weighted by atomic mass is 19.1. The first-order chi connectivity index (χ1) is 19.4. The molecule has 11 heteroatoms. The molecule has 0 spiro atoms. The number of hydrogen-bond acceptors (Lipinski definition) is 8. The van der Waals surface area contributed by atoms with Crippen LogP contribution in [0.4, 0.5) is 4.39 Å². The predicted octanol–water partition coefficient (Wildman–Crippen LogP) is 3.27. The summed E-state index contributed by atoms with van der Waals surface area (Å²) >= 11 is 0. The lowest BCUT2D eigenvalue weighted by Gasteiger charge is -2.28. The van der Waals surface area contributed by atoms with Gasteiger partial charge in [-0.3, -0.25) is 9.36 Å². The molecule has 0 bridgehead atoms. The zero-order valence-electron chi connectivity index (χ0n) is 22.1. The highest BCUT2D eigenvalue weighted by molar-refractivity contribution is 6.04. The van der Waals surface area contributed by atoms with Gasteiger partial charge in [0.15, 0.2) is 5.84 Å². The fourth-order valence-corrected chi connectivity index (χ4v) is 5.78. The number of aryl methyl sites for hydroxylation is 1. The molecule has 0 radical (unpaired) electrons. The van der Waals surface area contributed by atoms with Gasteiger partial charge in [0.1, 0.15) is 12.1 Å². The van der Waals surface area contributed by atoms with E-state index in [1.165, 1.54) is 12.4 Å². The largest absolute Gasteiger partial charge is 0.393 e. The lowest BCUT2D eigenvalue weighted by atomic mass is 9.92. The molecule has 2 aromatic heterocycles. The van der Waals surface area contributed by atoms with E-state index in [0.717, 1.165) is 17.7 Å². The van der Waals surface area contributed by atoms with Gasteiger partial charge in [-0.05, 0) is 54.9 Å². The van der Waals surface area contributed by atoms with Crippen molar-refractivity contribution < 1.29 is 19.4 Å². The van der Waals surface area contributed by atoms with E-state index in [-0.39, 0.29) is 24.1 Å². The number of aromatic nitrogens is 4. The van der Waals surface area contributed by atoms with Crippen LogP contribution in [0.5, 0.6) is 0 Å². The van der Waals surface area contributed by atoms with Crippen LogP contribution in [0, 0.1) is 5.82 Å². The number of benzene rings is 2. The van der Waals surface area contributed by atoms with Crippen LogP contribution in [-0.2, 0) is 17.7 Å². The minimum atomic E-state index is -1.30. The number of aliphatic hydroxyl groups is 2. The summed E-state index contributed by atoms with van der Waals surface area (Å²) in [6.45, 7) is 2.03. The number of rotatable bonds is 7. The van der Waals surface area contributed by atoms with E-state index >= 15 is 4.39 Å². The van der Waals surface area contributed by atoms with Crippen molar-refractivity contribution in [1.29, 1.82) is 0 Å². The Labute approximate surface area is 229 Å². The van der Waals surface area contributed by atoms with Crippen molar-refractivity contribution in [2.24, 2.45) is 4.99 Å². The van der Waals surface area contributed by atoms with Crippen LogP contribution in [0.25, 0.3) is 16.9 Å². The standard InChI is InChI=1S/C29H31FN6O4/c1-2-5-25-23(27(38)35(28-31-16-32-36(25)28)19-10-12-20(37)13-11-19)14-18-9-8-17(15-24(18)30)21-6-3-4-7-22(21)26-33-29(39)40-34-26/h3-4,6-9,15-16,19-20,29,37,39H,2,5,10-14H2,1H3,(H,33,34). The van der Waals surface area contributed by atoms with Crippen LogP contribution in [0.2, 0.25) is 0 Å². The molecule has 40 heavy (non-hydrogen) atoms. The molecular formula is C29H31FN6O4. The van der Waals surface area contributed by atoms with Crippen molar-refractivity contribution in [3.8, 4) is 11.1 Å². The van der Waals surface area contributed by atoms with Gasteiger partial charge in [0.05, 0.1) is 11.8 Å². The number of nitrogens with one attached hydrogen (secondary N) is 1. The first kappa shape index (κ1) is 26.3. The Kier molecular flexibility index (Phi) is 7.18. The number of aliphatic imine (C=N–C) groups is 1. The molecule has 1 aliphatic heterocycles. The fourth-order valence-electron chi connectivity index (χ4n) is 5.78. The van der Waals surface area contributed by atoms with E-state index in [2.05, 4.69) is 20.6 Å². The predicted molar refractivity (Wildman–Crippen MR) is 146 cm³/mol. The highest BCUT2D eigenvalue weighted by Gasteiger charge is 2.27. The molecule has 1 unspecified atom stereocenters. The van der Waals surface area contributed by atoms with Crippen molar-refractivity contribution >= 4 is 11.6 Å². The Balaban J connectivity index is 1.40. The number of hydroxylamine groups is 1. The van der Waals surface area contributed by atoms with Gasteiger partial charge in [-0.1, -0.05) is 49.7 Å². The van der Waals surface area contributed by atoms with E-state index in [0.29, 0.717) is 66.0 Å².